The van der Waals surface area contributed by atoms with Crippen LogP contribution in [0.25, 0.3) is 10.4 Å². The van der Waals surface area contributed by atoms with Crippen LogP contribution in [0.4, 0.5) is 10.7 Å². The summed E-state index contributed by atoms with van der Waals surface area (Å²) in [6, 6.07) is 5.26. The number of carbonyl (C=O) groups is 2. The van der Waals surface area contributed by atoms with Gasteiger partial charge in [-0.2, -0.15) is 9.97 Å². The third-order valence-electron chi connectivity index (χ3n) is 3.43. The number of benzene rings is 1. The van der Waals surface area contributed by atoms with Gasteiger partial charge in [0, 0.05) is 4.91 Å². The smallest absolute Gasteiger partial charge is 0.339 e. The fraction of sp³-hybridized carbons (Fsp3) is 0.250. The number of anilines is 1. The Morgan fingerprint density at radius 1 is 1.16 bits per heavy atom. The minimum atomic E-state index is -4.48. The van der Waals surface area contributed by atoms with Gasteiger partial charge in [-0.25, -0.2) is 22.7 Å². The van der Waals surface area contributed by atoms with Gasteiger partial charge in [0.15, 0.2) is 0 Å². The second kappa shape index (κ2) is 10.6. The van der Waals surface area contributed by atoms with Gasteiger partial charge in [0.25, 0.3) is 10.0 Å². The molecule has 0 aliphatic heterocycles. The summed E-state index contributed by atoms with van der Waals surface area (Å²) in [5.41, 5.74) is 7.90. The zero-order valence-corrected chi connectivity index (χ0v) is 17.1. The first-order valence-corrected chi connectivity index (χ1v) is 9.87. The van der Waals surface area contributed by atoms with Crippen LogP contribution in [0.15, 0.2) is 40.3 Å². The molecule has 0 saturated carbocycles. The molecular weight excluding hydrogens is 434 g/mol. The molecule has 1 aromatic carbocycles. The fourth-order valence-corrected chi connectivity index (χ4v) is 3.25. The molecule has 2 amide bonds. The number of hydrogen-bond acceptors (Lipinski definition) is 10. The number of carbonyl (C=O) groups excluding carboxylic acids is 2. The SMILES string of the molecule is COc1cc(OC)nc(NC(=O)NS(=O)(=O)c2ccccc2C(=O)OCCN=[N+]=[N-])n1. The van der Waals surface area contributed by atoms with Crippen LogP contribution in [-0.4, -0.2) is 57.8 Å². The van der Waals surface area contributed by atoms with E-state index in [4.69, 9.17) is 19.7 Å². The van der Waals surface area contributed by atoms with E-state index in [9.17, 15) is 18.0 Å². The maximum absolute atomic E-state index is 12.6. The van der Waals surface area contributed by atoms with Crippen LogP contribution in [0.1, 0.15) is 10.4 Å². The van der Waals surface area contributed by atoms with E-state index >= 15 is 0 Å². The van der Waals surface area contributed by atoms with Gasteiger partial charge in [-0.15, -0.1) is 0 Å². The number of urea groups is 1. The minimum Gasteiger partial charge on any atom is -0.481 e. The molecule has 164 valence electrons. The number of esters is 1. The van der Waals surface area contributed by atoms with E-state index in [0.29, 0.717) is 0 Å². The van der Waals surface area contributed by atoms with Gasteiger partial charge in [-0.3, -0.25) is 5.32 Å². The number of hydrogen-bond donors (Lipinski definition) is 2. The highest BCUT2D eigenvalue weighted by Crippen LogP contribution is 2.19. The first-order valence-electron chi connectivity index (χ1n) is 8.38. The van der Waals surface area contributed by atoms with Gasteiger partial charge in [0.1, 0.15) is 4.90 Å². The average Bonchev–Trinajstić information content (AvgIpc) is 2.75. The first kappa shape index (κ1) is 23.2. The van der Waals surface area contributed by atoms with Crippen molar-refractivity contribution in [3.05, 3.63) is 46.3 Å². The Bertz CT molecular complexity index is 1090. The summed E-state index contributed by atoms with van der Waals surface area (Å²) in [6.45, 7) is -0.373. The largest absolute Gasteiger partial charge is 0.481 e. The van der Waals surface area contributed by atoms with Gasteiger partial charge < -0.3 is 14.2 Å². The lowest BCUT2D eigenvalue weighted by Gasteiger charge is -2.12. The van der Waals surface area contributed by atoms with Crippen LogP contribution in [0.3, 0.4) is 0 Å². The Morgan fingerprint density at radius 3 is 2.42 bits per heavy atom. The van der Waals surface area contributed by atoms with Crippen molar-refractivity contribution in [3.63, 3.8) is 0 Å². The molecule has 0 bridgehead atoms. The van der Waals surface area contributed by atoms with Crippen molar-refractivity contribution in [2.45, 2.75) is 4.90 Å². The Kier molecular flexibility index (Phi) is 7.94. The van der Waals surface area contributed by atoms with Crippen molar-refractivity contribution >= 4 is 28.0 Å². The molecule has 14 nitrogen and oxygen atoms in total. The van der Waals surface area contributed by atoms with E-state index in [1.54, 1.807) is 4.72 Å². The summed E-state index contributed by atoms with van der Waals surface area (Å²) in [4.78, 5) is 34.1. The molecule has 2 rings (SSSR count). The van der Waals surface area contributed by atoms with Gasteiger partial charge in [0.2, 0.25) is 17.7 Å². The van der Waals surface area contributed by atoms with Crippen LogP contribution >= 0.6 is 0 Å². The van der Waals surface area contributed by atoms with Gasteiger partial charge in [-0.05, 0) is 17.7 Å². The third-order valence-corrected chi connectivity index (χ3v) is 4.82. The Balaban J connectivity index is 2.18. The Hall–Kier alpha value is -4.10. The van der Waals surface area contributed by atoms with Crippen molar-refractivity contribution in [2.24, 2.45) is 5.11 Å². The molecule has 2 N–H and O–H groups in total. The molecule has 31 heavy (non-hydrogen) atoms. The number of sulfonamides is 1. The normalized spacial score (nSPS) is 10.4. The summed E-state index contributed by atoms with van der Waals surface area (Å²) in [7, 11) is -1.82. The minimum absolute atomic E-state index is 0.0684. The molecule has 0 radical (unpaired) electrons. The van der Waals surface area contributed by atoms with Crippen LogP contribution in [0.2, 0.25) is 0 Å². The topological polar surface area (TPSA) is 195 Å². The number of amides is 2. The Morgan fingerprint density at radius 2 is 1.81 bits per heavy atom. The fourth-order valence-electron chi connectivity index (χ4n) is 2.14. The van der Waals surface area contributed by atoms with Crippen molar-refractivity contribution in [1.82, 2.24) is 14.7 Å². The molecule has 0 unspecified atom stereocenters. The standard InChI is InChI=1S/C16H17N7O7S/c1-28-12-9-13(29-2)20-15(19-12)21-16(25)22-31(26,27)11-6-4-3-5-10(11)14(24)30-8-7-18-23-17/h3-6,9H,7-8H2,1-2H3,(H2,19,20,21,22,25). The average molecular weight is 451 g/mol. The first-order chi connectivity index (χ1) is 14.8. The predicted molar refractivity (Wildman–Crippen MR) is 105 cm³/mol. The second-order valence-electron chi connectivity index (χ2n) is 5.42. The number of nitrogens with zero attached hydrogens (tertiary/aromatic N) is 5. The number of aromatic nitrogens is 2. The third kappa shape index (κ3) is 6.45. The second-order valence-corrected chi connectivity index (χ2v) is 7.07. The summed E-state index contributed by atoms with van der Waals surface area (Å²) in [5, 5.41) is 5.34. The number of azide groups is 1. The lowest BCUT2D eigenvalue weighted by atomic mass is 10.2. The zero-order chi connectivity index (χ0) is 22.9. The maximum atomic E-state index is 12.6. The van der Waals surface area contributed by atoms with Gasteiger partial charge >= 0.3 is 12.0 Å². The number of nitrogens with one attached hydrogen (secondary N) is 2. The van der Waals surface area contributed by atoms with Crippen molar-refractivity contribution in [2.75, 3.05) is 32.7 Å². The highest BCUT2D eigenvalue weighted by atomic mass is 32.2. The zero-order valence-electron chi connectivity index (χ0n) is 16.3. The predicted octanol–water partition coefficient (Wildman–Crippen LogP) is 1.47. The van der Waals surface area contributed by atoms with Crippen LogP contribution in [0.5, 0.6) is 11.8 Å². The van der Waals surface area contributed by atoms with E-state index in [2.05, 4.69) is 25.3 Å². The number of ether oxygens (including phenoxy) is 3. The van der Waals surface area contributed by atoms with Crippen LogP contribution < -0.4 is 19.5 Å². The van der Waals surface area contributed by atoms with Gasteiger partial charge in [0.05, 0.1) is 39.0 Å². The van der Waals surface area contributed by atoms with E-state index < -0.39 is 26.9 Å². The quantitative estimate of drug-likeness (QED) is 0.186. The molecule has 0 atom stereocenters. The molecule has 0 saturated heterocycles. The molecule has 0 aliphatic rings. The lowest BCUT2D eigenvalue weighted by molar-refractivity contribution is 0.0512. The van der Waals surface area contributed by atoms with Gasteiger partial charge in [-0.1, -0.05) is 17.2 Å². The van der Waals surface area contributed by atoms with E-state index in [1.165, 1.54) is 38.5 Å². The molecule has 1 aromatic heterocycles. The summed E-state index contributed by atoms with van der Waals surface area (Å²) < 4.78 is 41.8. The molecule has 0 aliphatic carbocycles. The molecule has 1 heterocycles. The monoisotopic (exact) mass is 451 g/mol. The van der Waals surface area contributed by atoms with E-state index in [1.807, 2.05) is 0 Å². The molecule has 0 spiro atoms. The molecule has 0 fully saturated rings. The van der Waals surface area contributed by atoms with E-state index in [0.717, 1.165) is 6.07 Å². The molecule has 15 heteroatoms. The molecular formula is C16H17N7O7S. The Labute approximate surface area is 176 Å². The van der Waals surface area contributed by atoms with Crippen molar-refractivity contribution in [3.8, 4) is 11.8 Å². The summed E-state index contributed by atoms with van der Waals surface area (Å²) in [6.07, 6.45) is 0. The van der Waals surface area contributed by atoms with Crippen LogP contribution in [0, 0.1) is 0 Å². The summed E-state index contributed by atoms with van der Waals surface area (Å²) >= 11 is 0. The van der Waals surface area contributed by atoms with Crippen molar-refractivity contribution < 1.29 is 32.2 Å². The van der Waals surface area contributed by atoms with E-state index in [-0.39, 0.29) is 36.4 Å². The highest BCUT2D eigenvalue weighted by Gasteiger charge is 2.25. The molecule has 2 aromatic rings. The van der Waals surface area contributed by atoms with Crippen molar-refractivity contribution in [1.29, 1.82) is 0 Å². The highest BCUT2D eigenvalue weighted by molar-refractivity contribution is 7.90. The lowest BCUT2D eigenvalue weighted by Crippen LogP contribution is -2.35. The number of methoxy groups -OCH3 is 2. The van der Waals surface area contributed by atoms with Crippen LogP contribution in [-0.2, 0) is 14.8 Å². The maximum Gasteiger partial charge on any atom is 0.339 e. The number of rotatable bonds is 9. The summed E-state index contributed by atoms with van der Waals surface area (Å²) in [5.74, 6) is -1.12.